The minimum atomic E-state index is -0.939. The van der Waals surface area contributed by atoms with Crippen molar-refractivity contribution in [1.29, 1.82) is 0 Å². The highest BCUT2D eigenvalue weighted by Gasteiger charge is 2.19. The molecule has 2 aromatic carbocycles. The van der Waals surface area contributed by atoms with Crippen LogP contribution in [0.2, 0.25) is 0 Å². The van der Waals surface area contributed by atoms with E-state index in [1.54, 1.807) is 12.1 Å². The van der Waals surface area contributed by atoms with E-state index in [1.807, 2.05) is 30.3 Å². The number of hydrogen-bond acceptors (Lipinski definition) is 3. The Morgan fingerprint density at radius 2 is 1.59 bits per heavy atom. The first-order valence-electron chi connectivity index (χ1n) is 6.90. The van der Waals surface area contributed by atoms with Gasteiger partial charge in [0.25, 0.3) is 0 Å². The van der Waals surface area contributed by atoms with Gasteiger partial charge in [-0.1, -0.05) is 30.3 Å². The zero-order valence-electron chi connectivity index (χ0n) is 11.9. The maximum absolute atomic E-state index is 12.1. The fourth-order valence-corrected chi connectivity index (χ4v) is 2.22. The Morgan fingerprint density at radius 1 is 0.955 bits per heavy atom. The molecule has 22 heavy (non-hydrogen) atoms. The summed E-state index contributed by atoms with van der Waals surface area (Å²) in [6.07, 6.45) is -0.0236. The number of carboxylic acids is 1. The van der Waals surface area contributed by atoms with E-state index in [1.165, 1.54) is 12.1 Å². The number of hydrogen-bond donors (Lipinski definition) is 3. The van der Waals surface area contributed by atoms with E-state index in [0.717, 1.165) is 5.56 Å². The first kappa shape index (κ1) is 15.6. The van der Waals surface area contributed by atoms with Crippen molar-refractivity contribution >= 4 is 17.6 Å². The third-order valence-electron chi connectivity index (χ3n) is 3.27. The number of carbonyl (C=O) groups excluding carboxylic acids is 1. The number of amides is 1. The SMILES string of the molecule is O=C(O)CC(CC(=O)Nc1ccc(O)cc1)c1ccccc1. The summed E-state index contributed by atoms with van der Waals surface area (Å²) in [5.41, 5.74) is 1.38. The minimum absolute atomic E-state index is 0.0805. The number of rotatable bonds is 6. The van der Waals surface area contributed by atoms with Gasteiger partial charge in [-0.2, -0.15) is 0 Å². The normalized spacial score (nSPS) is 11.6. The van der Waals surface area contributed by atoms with Crippen molar-refractivity contribution in [3.63, 3.8) is 0 Å². The number of nitrogens with one attached hydrogen (secondary N) is 1. The first-order valence-corrected chi connectivity index (χ1v) is 6.90. The number of phenolic OH excluding ortho intramolecular Hbond substituents is 1. The number of aromatic hydroxyl groups is 1. The topological polar surface area (TPSA) is 86.6 Å². The second-order valence-electron chi connectivity index (χ2n) is 5.00. The summed E-state index contributed by atoms with van der Waals surface area (Å²) in [4.78, 5) is 23.1. The quantitative estimate of drug-likeness (QED) is 0.716. The first-order chi connectivity index (χ1) is 10.5. The second kappa shape index (κ2) is 7.26. The van der Waals surface area contributed by atoms with Crippen LogP contribution >= 0.6 is 0 Å². The molecule has 0 fully saturated rings. The Bertz CT molecular complexity index is 637. The van der Waals surface area contributed by atoms with Crippen LogP contribution in [-0.4, -0.2) is 22.1 Å². The smallest absolute Gasteiger partial charge is 0.303 e. The molecule has 0 heterocycles. The molecule has 3 N–H and O–H groups in total. The molecule has 1 atom stereocenters. The summed E-state index contributed by atoms with van der Waals surface area (Å²) in [6.45, 7) is 0. The third kappa shape index (κ3) is 4.63. The van der Waals surface area contributed by atoms with Gasteiger partial charge in [0.15, 0.2) is 0 Å². The standard InChI is InChI=1S/C17H17NO4/c19-15-8-6-14(7-9-15)18-16(20)10-13(11-17(21)22)12-4-2-1-3-5-12/h1-9,13,19H,10-11H2,(H,18,20)(H,21,22). The maximum Gasteiger partial charge on any atom is 0.303 e. The van der Waals surface area contributed by atoms with Crippen LogP contribution in [0.25, 0.3) is 0 Å². The highest BCUT2D eigenvalue weighted by molar-refractivity contribution is 5.91. The Hall–Kier alpha value is -2.82. The van der Waals surface area contributed by atoms with Gasteiger partial charge in [0.1, 0.15) is 5.75 Å². The Kier molecular flexibility index (Phi) is 5.14. The molecule has 0 bridgehead atoms. The summed E-state index contributed by atoms with van der Waals surface area (Å²) in [7, 11) is 0. The maximum atomic E-state index is 12.1. The van der Waals surface area contributed by atoms with Crippen LogP contribution in [0.4, 0.5) is 5.69 Å². The molecular weight excluding hydrogens is 282 g/mol. The summed E-state index contributed by atoms with van der Waals surface area (Å²) in [5.74, 6) is -1.46. The van der Waals surface area contributed by atoms with E-state index in [2.05, 4.69) is 5.32 Å². The molecule has 2 rings (SSSR count). The van der Waals surface area contributed by atoms with Crippen molar-refractivity contribution in [2.24, 2.45) is 0 Å². The van der Waals surface area contributed by atoms with Gasteiger partial charge >= 0.3 is 5.97 Å². The zero-order valence-corrected chi connectivity index (χ0v) is 11.9. The molecule has 1 unspecified atom stereocenters. The van der Waals surface area contributed by atoms with Gasteiger partial charge in [0, 0.05) is 18.0 Å². The van der Waals surface area contributed by atoms with Gasteiger partial charge in [-0.3, -0.25) is 9.59 Å². The predicted molar refractivity (Wildman–Crippen MR) is 82.8 cm³/mol. The fraction of sp³-hybridized carbons (Fsp3) is 0.176. The lowest BCUT2D eigenvalue weighted by atomic mass is 9.92. The number of aliphatic carboxylic acids is 1. The second-order valence-corrected chi connectivity index (χ2v) is 5.00. The molecule has 0 saturated heterocycles. The fourth-order valence-electron chi connectivity index (χ4n) is 2.22. The summed E-state index contributed by atoms with van der Waals surface area (Å²) >= 11 is 0. The van der Waals surface area contributed by atoms with Crippen LogP contribution in [0.5, 0.6) is 5.75 Å². The molecule has 114 valence electrons. The lowest BCUT2D eigenvalue weighted by molar-refractivity contribution is -0.137. The van der Waals surface area contributed by atoms with Gasteiger partial charge in [0.2, 0.25) is 5.91 Å². The third-order valence-corrected chi connectivity index (χ3v) is 3.27. The average Bonchev–Trinajstić information content (AvgIpc) is 2.49. The summed E-state index contributed by atoms with van der Waals surface area (Å²) in [5, 5.41) is 20.9. The van der Waals surface area contributed by atoms with E-state index in [9.17, 15) is 14.7 Å². The molecule has 1 amide bonds. The van der Waals surface area contributed by atoms with Crippen molar-refractivity contribution in [3.8, 4) is 5.75 Å². The molecule has 0 aliphatic carbocycles. The van der Waals surface area contributed by atoms with Crippen LogP contribution < -0.4 is 5.32 Å². The van der Waals surface area contributed by atoms with E-state index < -0.39 is 5.97 Å². The lowest BCUT2D eigenvalue weighted by Gasteiger charge is -2.15. The van der Waals surface area contributed by atoms with Gasteiger partial charge in [-0.25, -0.2) is 0 Å². The molecule has 0 aliphatic heterocycles. The number of phenols is 1. The van der Waals surface area contributed by atoms with Crippen molar-refractivity contribution in [2.75, 3.05) is 5.32 Å². The molecule has 0 aromatic heterocycles. The van der Waals surface area contributed by atoms with E-state index >= 15 is 0 Å². The Balaban J connectivity index is 2.04. The Morgan fingerprint density at radius 3 is 2.18 bits per heavy atom. The number of carboxylic acid groups (broad SMARTS) is 1. The molecule has 5 nitrogen and oxygen atoms in total. The van der Waals surface area contributed by atoms with Crippen molar-refractivity contribution < 1.29 is 19.8 Å². The van der Waals surface area contributed by atoms with E-state index in [0.29, 0.717) is 5.69 Å². The average molecular weight is 299 g/mol. The predicted octanol–water partition coefficient (Wildman–Crippen LogP) is 2.98. The van der Waals surface area contributed by atoms with Crippen LogP contribution in [0.1, 0.15) is 24.3 Å². The van der Waals surface area contributed by atoms with Crippen molar-refractivity contribution in [1.82, 2.24) is 0 Å². The zero-order chi connectivity index (χ0) is 15.9. The highest BCUT2D eigenvalue weighted by Crippen LogP contribution is 2.24. The van der Waals surface area contributed by atoms with Crippen molar-refractivity contribution in [2.45, 2.75) is 18.8 Å². The molecular formula is C17H17NO4. The van der Waals surface area contributed by atoms with Crippen LogP contribution in [-0.2, 0) is 9.59 Å². The molecule has 0 saturated carbocycles. The number of benzene rings is 2. The van der Waals surface area contributed by atoms with Gasteiger partial charge in [-0.05, 0) is 29.8 Å². The monoisotopic (exact) mass is 299 g/mol. The lowest BCUT2D eigenvalue weighted by Crippen LogP contribution is -2.17. The molecule has 0 spiro atoms. The molecule has 5 heteroatoms. The van der Waals surface area contributed by atoms with Gasteiger partial charge in [0.05, 0.1) is 6.42 Å². The Labute approximate surface area is 128 Å². The van der Waals surface area contributed by atoms with Crippen LogP contribution in [0.15, 0.2) is 54.6 Å². The van der Waals surface area contributed by atoms with E-state index in [4.69, 9.17) is 5.11 Å². The molecule has 0 aliphatic rings. The van der Waals surface area contributed by atoms with Gasteiger partial charge < -0.3 is 15.5 Å². The highest BCUT2D eigenvalue weighted by atomic mass is 16.4. The number of anilines is 1. The number of carbonyl (C=O) groups is 2. The molecule has 0 radical (unpaired) electrons. The van der Waals surface area contributed by atoms with Gasteiger partial charge in [-0.15, -0.1) is 0 Å². The summed E-state index contributed by atoms with van der Waals surface area (Å²) < 4.78 is 0. The largest absolute Gasteiger partial charge is 0.508 e. The van der Waals surface area contributed by atoms with E-state index in [-0.39, 0.29) is 30.4 Å². The summed E-state index contributed by atoms with van der Waals surface area (Å²) in [6, 6.07) is 15.2. The minimum Gasteiger partial charge on any atom is -0.508 e. The van der Waals surface area contributed by atoms with Crippen LogP contribution in [0, 0.1) is 0 Å². The van der Waals surface area contributed by atoms with Crippen LogP contribution in [0.3, 0.4) is 0 Å². The van der Waals surface area contributed by atoms with Crippen molar-refractivity contribution in [3.05, 3.63) is 60.2 Å². The molecule has 2 aromatic rings.